The fourth-order valence-electron chi connectivity index (χ4n) is 3.22. The SMILES string of the molecule is COc1cc(NS(=O)(=O)c2ccc(NC(=O)c3ccc(COc4ccccc4OC)o3)cc2)nc(OC)n1. The molecule has 0 unspecified atom stereocenters. The maximum Gasteiger partial charge on any atom is 0.321 e. The Morgan fingerprint density at radius 1 is 0.895 bits per heavy atom. The number of ether oxygens (including phenoxy) is 4. The number of benzene rings is 2. The maximum atomic E-state index is 12.8. The summed E-state index contributed by atoms with van der Waals surface area (Å²) in [4.78, 5) is 20.4. The molecule has 2 N–H and O–H groups in total. The van der Waals surface area contributed by atoms with Crippen molar-refractivity contribution in [3.63, 3.8) is 0 Å². The number of hydrogen-bond acceptors (Lipinski definition) is 10. The average molecular weight is 541 g/mol. The molecule has 2 aromatic carbocycles. The summed E-state index contributed by atoms with van der Waals surface area (Å²) in [5.74, 6) is 1.20. The van der Waals surface area contributed by atoms with Gasteiger partial charge < -0.3 is 28.7 Å². The molecule has 0 saturated heterocycles. The number of furan rings is 1. The molecule has 0 saturated carbocycles. The normalized spacial score (nSPS) is 10.9. The van der Waals surface area contributed by atoms with Crippen molar-refractivity contribution in [2.45, 2.75) is 11.5 Å². The Balaban J connectivity index is 1.38. The van der Waals surface area contributed by atoms with Crippen molar-refractivity contribution >= 4 is 27.4 Å². The number of rotatable bonds is 11. The molecule has 198 valence electrons. The van der Waals surface area contributed by atoms with Gasteiger partial charge in [0.25, 0.3) is 15.9 Å². The van der Waals surface area contributed by atoms with Crippen LogP contribution in [0.2, 0.25) is 0 Å². The first-order chi connectivity index (χ1) is 18.3. The highest BCUT2D eigenvalue weighted by Gasteiger charge is 2.18. The number of hydrogen-bond donors (Lipinski definition) is 2. The molecule has 0 spiro atoms. The van der Waals surface area contributed by atoms with Gasteiger partial charge in [-0.05, 0) is 48.5 Å². The van der Waals surface area contributed by atoms with Crippen molar-refractivity contribution in [3.05, 3.63) is 78.3 Å². The Labute approximate surface area is 218 Å². The van der Waals surface area contributed by atoms with Crippen molar-refractivity contribution in [2.24, 2.45) is 0 Å². The molecule has 0 radical (unpaired) electrons. The molecule has 12 nitrogen and oxygen atoms in total. The summed E-state index contributed by atoms with van der Waals surface area (Å²) in [5, 5.41) is 2.66. The summed E-state index contributed by atoms with van der Waals surface area (Å²) in [6, 6.07) is 17.1. The van der Waals surface area contributed by atoms with Crippen LogP contribution in [0.25, 0.3) is 0 Å². The first-order valence-corrected chi connectivity index (χ1v) is 12.6. The number of carbonyl (C=O) groups is 1. The molecular weight excluding hydrogens is 516 g/mol. The number of sulfonamides is 1. The lowest BCUT2D eigenvalue weighted by molar-refractivity contribution is 0.0992. The minimum Gasteiger partial charge on any atom is -0.493 e. The highest BCUT2D eigenvalue weighted by Crippen LogP contribution is 2.27. The van der Waals surface area contributed by atoms with E-state index in [9.17, 15) is 13.2 Å². The molecule has 0 aliphatic heterocycles. The maximum absolute atomic E-state index is 12.8. The van der Waals surface area contributed by atoms with E-state index in [0.717, 1.165) is 0 Å². The number of aromatic nitrogens is 2. The van der Waals surface area contributed by atoms with E-state index in [0.29, 0.717) is 22.9 Å². The first-order valence-electron chi connectivity index (χ1n) is 11.1. The van der Waals surface area contributed by atoms with Crippen LogP contribution in [-0.4, -0.2) is 45.6 Å². The minimum atomic E-state index is -4.00. The van der Waals surface area contributed by atoms with Gasteiger partial charge in [-0.2, -0.15) is 9.97 Å². The molecule has 0 fully saturated rings. The fourth-order valence-corrected chi connectivity index (χ4v) is 4.22. The second-order valence-corrected chi connectivity index (χ2v) is 9.25. The zero-order valence-corrected chi connectivity index (χ0v) is 21.4. The molecule has 2 heterocycles. The van der Waals surface area contributed by atoms with E-state index >= 15 is 0 Å². The van der Waals surface area contributed by atoms with Crippen molar-refractivity contribution in [1.82, 2.24) is 9.97 Å². The molecule has 0 aliphatic carbocycles. The van der Waals surface area contributed by atoms with Crippen LogP contribution in [0, 0.1) is 0 Å². The molecule has 13 heteroatoms. The van der Waals surface area contributed by atoms with E-state index in [1.54, 1.807) is 25.3 Å². The van der Waals surface area contributed by atoms with E-state index in [2.05, 4.69) is 20.0 Å². The number of anilines is 2. The summed E-state index contributed by atoms with van der Waals surface area (Å²) in [6.45, 7) is 0.0945. The monoisotopic (exact) mass is 540 g/mol. The van der Waals surface area contributed by atoms with Gasteiger partial charge in [0, 0.05) is 11.8 Å². The molecule has 0 bridgehead atoms. The Hall–Kier alpha value is -4.78. The molecular formula is C25H24N4O8S. The van der Waals surface area contributed by atoms with Crippen molar-refractivity contribution in [3.8, 4) is 23.4 Å². The molecule has 2 aromatic heterocycles. The van der Waals surface area contributed by atoms with Gasteiger partial charge in [0.05, 0.1) is 26.2 Å². The van der Waals surface area contributed by atoms with Crippen LogP contribution in [0.1, 0.15) is 16.3 Å². The number of amides is 1. The van der Waals surface area contributed by atoms with Crippen LogP contribution in [0.3, 0.4) is 0 Å². The van der Waals surface area contributed by atoms with Crippen LogP contribution < -0.4 is 29.0 Å². The van der Waals surface area contributed by atoms with Crippen molar-refractivity contribution in [2.75, 3.05) is 31.4 Å². The third-order valence-corrected chi connectivity index (χ3v) is 6.43. The predicted molar refractivity (Wildman–Crippen MR) is 136 cm³/mol. The molecule has 4 aromatic rings. The van der Waals surface area contributed by atoms with Gasteiger partial charge in [-0.3, -0.25) is 9.52 Å². The predicted octanol–water partition coefficient (Wildman–Crippen LogP) is 3.73. The fraction of sp³-hybridized carbons (Fsp3) is 0.160. The van der Waals surface area contributed by atoms with Gasteiger partial charge in [-0.25, -0.2) is 8.42 Å². The second-order valence-electron chi connectivity index (χ2n) is 7.57. The Bertz CT molecular complexity index is 1500. The van der Waals surface area contributed by atoms with Crippen molar-refractivity contribution in [1.29, 1.82) is 0 Å². The number of para-hydroxylation sites is 2. The third-order valence-electron chi connectivity index (χ3n) is 5.06. The summed E-state index contributed by atoms with van der Waals surface area (Å²) in [5.41, 5.74) is 0.363. The number of carbonyl (C=O) groups excluding carboxylic acids is 1. The Morgan fingerprint density at radius 3 is 2.32 bits per heavy atom. The molecule has 0 aliphatic rings. The van der Waals surface area contributed by atoms with Crippen LogP contribution in [0.4, 0.5) is 11.5 Å². The van der Waals surface area contributed by atoms with Crippen LogP contribution in [0.15, 0.2) is 76.0 Å². The molecule has 4 rings (SSSR count). The molecule has 0 atom stereocenters. The van der Waals surface area contributed by atoms with Crippen LogP contribution >= 0.6 is 0 Å². The lowest BCUT2D eigenvalue weighted by Crippen LogP contribution is -2.15. The van der Waals surface area contributed by atoms with Gasteiger partial charge in [0.2, 0.25) is 5.88 Å². The second kappa shape index (κ2) is 11.5. The summed E-state index contributed by atoms with van der Waals surface area (Å²) in [7, 11) is 0.276. The van der Waals surface area contributed by atoms with E-state index in [1.807, 2.05) is 12.1 Å². The number of nitrogens with zero attached hydrogens (tertiary/aromatic N) is 2. The topological polar surface area (TPSA) is 151 Å². The quantitative estimate of drug-likeness (QED) is 0.288. The smallest absolute Gasteiger partial charge is 0.321 e. The zero-order valence-electron chi connectivity index (χ0n) is 20.6. The third kappa shape index (κ3) is 6.31. The Kier molecular flexibility index (Phi) is 7.97. The van der Waals surface area contributed by atoms with E-state index in [-0.39, 0.29) is 35.0 Å². The number of nitrogens with one attached hydrogen (secondary N) is 2. The van der Waals surface area contributed by atoms with Crippen LogP contribution in [-0.2, 0) is 16.6 Å². The highest BCUT2D eigenvalue weighted by atomic mass is 32.2. The highest BCUT2D eigenvalue weighted by molar-refractivity contribution is 7.92. The summed E-state index contributed by atoms with van der Waals surface area (Å²) < 4.78 is 54.4. The standard InChI is InChI=1S/C25H24N4O8S/c1-33-19-6-4-5-7-20(19)36-15-17-10-13-21(37-17)24(30)26-16-8-11-18(12-9-16)38(31,32)29-22-14-23(34-2)28-25(27-22)35-3/h4-14H,15H2,1-3H3,(H,26,30)(H,27,28,29). The van der Waals surface area contributed by atoms with Gasteiger partial charge in [-0.1, -0.05) is 12.1 Å². The molecule has 38 heavy (non-hydrogen) atoms. The van der Waals surface area contributed by atoms with Gasteiger partial charge in [0.1, 0.15) is 12.4 Å². The van der Waals surface area contributed by atoms with Crippen LogP contribution in [0.5, 0.6) is 23.4 Å². The first kappa shape index (κ1) is 26.3. The lowest BCUT2D eigenvalue weighted by atomic mass is 10.3. The largest absolute Gasteiger partial charge is 0.493 e. The van der Waals surface area contributed by atoms with E-state index in [1.165, 1.54) is 50.6 Å². The summed E-state index contributed by atoms with van der Waals surface area (Å²) in [6.07, 6.45) is 0. The minimum absolute atomic E-state index is 0.0330. The van der Waals surface area contributed by atoms with Gasteiger partial charge in [0.15, 0.2) is 23.1 Å². The molecule has 1 amide bonds. The summed E-state index contributed by atoms with van der Waals surface area (Å²) >= 11 is 0. The lowest BCUT2D eigenvalue weighted by Gasteiger charge is -2.10. The van der Waals surface area contributed by atoms with Gasteiger partial charge >= 0.3 is 6.01 Å². The Morgan fingerprint density at radius 2 is 1.63 bits per heavy atom. The van der Waals surface area contributed by atoms with Gasteiger partial charge in [-0.15, -0.1) is 0 Å². The zero-order chi connectivity index (χ0) is 27.1. The van der Waals surface area contributed by atoms with E-state index < -0.39 is 15.9 Å². The van der Waals surface area contributed by atoms with Crippen molar-refractivity contribution < 1.29 is 36.6 Å². The number of methoxy groups -OCH3 is 3. The van der Waals surface area contributed by atoms with E-state index in [4.69, 9.17) is 23.4 Å². The average Bonchev–Trinajstić information content (AvgIpc) is 3.41.